The number of carboxylic acid groups (broad SMARTS) is 2. The number of carboxylic acids is 2. The molecule has 0 saturated carbocycles. The van der Waals surface area contributed by atoms with Crippen LogP contribution in [-0.2, 0) is 29.1 Å². The Kier molecular flexibility index (Phi) is 22.9. The fourth-order valence-electron chi connectivity index (χ4n) is 1.39. The van der Waals surface area contributed by atoms with Gasteiger partial charge in [-0.15, -0.1) is 0 Å². The number of carbonyl (C=O) groups excluding carboxylic acids is 2. The van der Waals surface area contributed by atoms with Crippen molar-refractivity contribution in [2.45, 2.75) is 26.4 Å². The normalized spacial score (nSPS) is 10.2. The van der Waals surface area contributed by atoms with Crippen LogP contribution in [0.25, 0.3) is 0 Å². The summed E-state index contributed by atoms with van der Waals surface area (Å²) < 4.78 is 9.94. The molecule has 0 aliphatic heterocycles. The number of carbonyl (C=O) groups is 2. The zero-order chi connectivity index (χ0) is 23.4. The van der Waals surface area contributed by atoms with Crippen LogP contribution < -0.4 is 19.7 Å². The van der Waals surface area contributed by atoms with Gasteiger partial charge < -0.3 is 39.5 Å². The molecule has 0 bridgehead atoms. The molecule has 170 valence electrons. The first-order chi connectivity index (χ1) is 14.1. The van der Waals surface area contributed by atoms with Crippen molar-refractivity contribution in [1.82, 2.24) is 0 Å². The van der Waals surface area contributed by atoms with Crippen molar-refractivity contribution in [3.63, 3.8) is 0 Å². The minimum atomic E-state index is -1.23. The monoisotopic (exact) mass is 520 g/mol. The molecule has 0 amide bonds. The Morgan fingerprint density at radius 1 is 0.774 bits per heavy atom. The van der Waals surface area contributed by atoms with Crippen molar-refractivity contribution < 1.29 is 59.0 Å². The van der Waals surface area contributed by atoms with E-state index < -0.39 is 24.5 Å². The number of hydrogen-bond acceptors (Lipinski definition) is 8. The van der Waals surface area contributed by atoms with Crippen LogP contribution in [0.4, 0.5) is 0 Å². The van der Waals surface area contributed by atoms with Crippen LogP contribution in [0.5, 0.6) is 11.5 Å². The van der Waals surface area contributed by atoms with Gasteiger partial charge in [-0.1, -0.05) is 49.6 Å². The molecule has 0 heterocycles. The van der Waals surface area contributed by atoms with Gasteiger partial charge in [0.2, 0.25) is 0 Å². The van der Waals surface area contributed by atoms with Crippen molar-refractivity contribution in [3.05, 3.63) is 86.0 Å². The fraction of sp³-hybridized carbons (Fsp3) is 0.182. The Labute approximate surface area is 194 Å². The molecule has 0 aliphatic carbocycles. The summed E-state index contributed by atoms with van der Waals surface area (Å²) in [5.74, 6) is -1.08. The molecule has 0 aromatic heterocycles. The van der Waals surface area contributed by atoms with E-state index in [1.807, 2.05) is 36.4 Å². The van der Waals surface area contributed by atoms with Gasteiger partial charge in [-0.05, 0) is 50.3 Å². The van der Waals surface area contributed by atoms with Crippen LogP contribution in [0.2, 0.25) is 0 Å². The first-order valence-corrected chi connectivity index (χ1v) is 8.58. The van der Waals surface area contributed by atoms with Crippen molar-refractivity contribution in [1.29, 1.82) is 0 Å². The van der Waals surface area contributed by atoms with Crippen LogP contribution in [0.15, 0.2) is 86.0 Å². The molecule has 0 radical (unpaired) electrons. The van der Waals surface area contributed by atoms with E-state index in [1.165, 1.54) is 0 Å². The summed E-state index contributed by atoms with van der Waals surface area (Å²) in [6, 6.07) is 18.4. The second-order valence-corrected chi connectivity index (χ2v) is 5.11. The Hall–Kier alpha value is -3.00. The maximum absolute atomic E-state index is 9.14. The summed E-state index contributed by atoms with van der Waals surface area (Å²) in [7, 11) is 0. The van der Waals surface area contributed by atoms with Crippen molar-refractivity contribution in [2.24, 2.45) is 0 Å². The number of benzene rings is 2. The molecule has 2 unspecified atom stereocenters. The summed E-state index contributed by atoms with van der Waals surface area (Å²) in [5.41, 5.74) is 0. The Morgan fingerprint density at radius 2 is 1.00 bits per heavy atom. The largest absolute Gasteiger partial charge is 2.00 e. The molecule has 9 heteroatoms. The van der Waals surface area contributed by atoms with Crippen LogP contribution >= 0.6 is 0 Å². The number of para-hydroxylation sites is 2. The van der Waals surface area contributed by atoms with E-state index in [0.29, 0.717) is 11.5 Å². The molecule has 0 saturated heterocycles. The minimum absolute atomic E-state index is 0. The minimum Gasteiger partial charge on any atom is -0.545 e. The zero-order valence-electron chi connectivity index (χ0n) is 17.2. The molecular formula is C22H26O8Ru. The third-order valence-electron chi connectivity index (χ3n) is 2.43. The maximum atomic E-state index is 9.14. The van der Waals surface area contributed by atoms with Crippen molar-refractivity contribution in [2.75, 3.05) is 0 Å². The van der Waals surface area contributed by atoms with Gasteiger partial charge in [0.1, 0.15) is 11.5 Å². The first-order valence-electron chi connectivity index (χ1n) is 8.58. The van der Waals surface area contributed by atoms with Crippen LogP contribution in [0.1, 0.15) is 13.8 Å². The topological polar surface area (TPSA) is 139 Å². The van der Waals surface area contributed by atoms with Crippen LogP contribution in [0, 0.1) is 0 Å². The number of rotatable bonds is 6. The number of aliphatic hydroxyl groups excluding tert-OH is 2. The number of ether oxygens (including phenoxy) is 2. The van der Waals surface area contributed by atoms with Gasteiger partial charge in [0.25, 0.3) is 0 Å². The predicted molar refractivity (Wildman–Crippen MR) is 108 cm³/mol. The second kappa shape index (κ2) is 21.7. The van der Waals surface area contributed by atoms with Crippen LogP contribution in [0.3, 0.4) is 0 Å². The Morgan fingerprint density at radius 3 is 1.16 bits per heavy atom. The molecule has 0 aliphatic rings. The third kappa shape index (κ3) is 27.0. The van der Waals surface area contributed by atoms with Crippen molar-refractivity contribution >= 4 is 11.9 Å². The molecule has 2 N–H and O–H groups in total. The summed E-state index contributed by atoms with van der Waals surface area (Å²) >= 11 is 0. The molecule has 2 aromatic rings. The molecular weight excluding hydrogens is 493 g/mol. The molecule has 8 nitrogen and oxygen atoms in total. The number of aliphatic hydroxyl groups is 2. The van der Waals surface area contributed by atoms with E-state index in [1.54, 1.807) is 38.1 Å². The van der Waals surface area contributed by atoms with E-state index in [0.717, 1.165) is 12.2 Å². The van der Waals surface area contributed by atoms with E-state index in [4.69, 9.17) is 39.5 Å². The van der Waals surface area contributed by atoms with Gasteiger partial charge in [0.15, 0.2) is 12.6 Å². The van der Waals surface area contributed by atoms with E-state index in [2.05, 4.69) is 13.2 Å². The summed E-state index contributed by atoms with van der Waals surface area (Å²) in [6.07, 6.45) is -0.0233. The van der Waals surface area contributed by atoms with Gasteiger partial charge in [-0.3, -0.25) is 0 Å². The molecule has 2 atom stereocenters. The summed E-state index contributed by atoms with van der Waals surface area (Å²) in [5, 5.41) is 35.8. The fourth-order valence-corrected chi connectivity index (χ4v) is 1.39. The maximum Gasteiger partial charge on any atom is 2.00 e. The smallest absolute Gasteiger partial charge is 0.545 e. The van der Waals surface area contributed by atoms with E-state index in [-0.39, 0.29) is 19.5 Å². The zero-order valence-corrected chi connectivity index (χ0v) is 18.9. The Bertz CT molecular complexity index is 655. The summed E-state index contributed by atoms with van der Waals surface area (Å²) in [6.45, 7) is 8.95. The van der Waals surface area contributed by atoms with E-state index in [9.17, 15) is 0 Å². The molecule has 0 spiro atoms. The summed E-state index contributed by atoms with van der Waals surface area (Å²) in [4.78, 5) is 18.3. The SMILES string of the molecule is C=CC(=O)[O-].C=CC(=O)[O-].CC(O)Oc1ccccc1.CC(O)Oc1ccccc1.[Ru+2]. The standard InChI is InChI=1S/2C8H10O2.2C3H4O2.Ru/c2*1-7(9)10-8-5-3-2-4-6-8;2*1-2-3(4)5;/h2*2-7,9H,1H3;2*2H,1H2,(H,4,5);/q;;;;+2/p-2. The molecule has 0 fully saturated rings. The third-order valence-corrected chi connectivity index (χ3v) is 2.43. The van der Waals surface area contributed by atoms with Gasteiger partial charge in [-0.2, -0.15) is 0 Å². The first kappa shape index (κ1) is 32.7. The number of aliphatic carboxylic acids is 2. The predicted octanol–water partition coefficient (Wildman–Crippen LogP) is 0.650. The van der Waals surface area contributed by atoms with Crippen molar-refractivity contribution in [3.8, 4) is 11.5 Å². The van der Waals surface area contributed by atoms with Crippen LogP contribution in [-0.4, -0.2) is 34.7 Å². The average molecular weight is 520 g/mol. The Balaban J connectivity index is -0.000000353. The van der Waals surface area contributed by atoms with Gasteiger partial charge in [0.05, 0.1) is 11.9 Å². The van der Waals surface area contributed by atoms with Gasteiger partial charge in [-0.25, -0.2) is 0 Å². The van der Waals surface area contributed by atoms with Gasteiger partial charge in [0, 0.05) is 0 Å². The second-order valence-electron chi connectivity index (χ2n) is 5.11. The van der Waals surface area contributed by atoms with E-state index >= 15 is 0 Å². The molecule has 2 aromatic carbocycles. The average Bonchev–Trinajstić information content (AvgIpc) is 2.70. The molecule has 31 heavy (non-hydrogen) atoms. The quantitative estimate of drug-likeness (QED) is 0.322. The molecule has 2 rings (SSSR count). The van der Waals surface area contributed by atoms with Gasteiger partial charge >= 0.3 is 19.5 Å². The number of hydrogen-bond donors (Lipinski definition) is 2.